The number of likely N-dealkylation sites (tertiary alicyclic amines) is 1. The number of hydrogen-bond donors (Lipinski definition) is 2. The molecule has 0 radical (unpaired) electrons. The van der Waals surface area contributed by atoms with Crippen LogP contribution in [-0.2, 0) is 0 Å². The standard InChI is InChI=1S/C15H16FNO3/c16-12-3-4-14(11(10-12)2-1-9-18)15(20)17-7-5-13(19)6-8-17/h3-4,10,13,18-19H,5-9H2. The second-order valence-electron chi connectivity index (χ2n) is 4.67. The van der Waals surface area contributed by atoms with Crippen LogP contribution in [0.15, 0.2) is 18.2 Å². The largest absolute Gasteiger partial charge is 0.393 e. The maximum atomic E-state index is 13.2. The molecule has 1 aromatic carbocycles. The van der Waals surface area contributed by atoms with E-state index >= 15 is 0 Å². The molecular weight excluding hydrogens is 261 g/mol. The van der Waals surface area contributed by atoms with E-state index in [0.717, 1.165) is 0 Å². The zero-order chi connectivity index (χ0) is 14.5. The molecule has 1 heterocycles. The van der Waals surface area contributed by atoms with Crippen molar-refractivity contribution in [1.29, 1.82) is 0 Å². The molecule has 5 heteroatoms. The van der Waals surface area contributed by atoms with Crippen LogP contribution in [0.1, 0.15) is 28.8 Å². The highest BCUT2D eigenvalue weighted by Crippen LogP contribution is 2.17. The van der Waals surface area contributed by atoms with Crippen molar-refractivity contribution in [2.45, 2.75) is 18.9 Å². The van der Waals surface area contributed by atoms with E-state index in [-0.39, 0.29) is 24.2 Å². The van der Waals surface area contributed by atoms with Gasteiger partial charge in [0.1, 0.15) is 12.4 Å². The number of amides is 1. The number of rotatable bonds is 1. The van der Waals surface area contributed by atoms with E-state index in [1.807, 2.05) is 0 Å². The van der Waals surface area contributed by atoms with Gasteiger partial charge >= 0.3 is 0 Å². The van der Waals surface area contributed by atoms with Crippen molar-refractivity contribution in [3.8, 4) is 11.8 Å². The minimum absolute atomic E-state index is 0.223. The van der Waals surface area contributed by atoms with E-state index in [0.29, 0.717) is 31.5 Å². The third kappa shape index (κ3) is 3.35. The number of aliphatic hydroxyl groups excluding tert-OH is 2. The Morgan fingerprint density at radius 2 is 2.10 bits per heavy atom. The molecule has 1 aliphatic heterocycles. The molecule has 106 valence electrons. The van der Waals surface area contributed by atoms with Crippen molar-refractivity contribution < 1.29 is 19.4 Å². The van der Waals surface area contributed by atoms with Crippen molar-refractivity contribution in [3.63, 3.8) is 0 Å². The third-order valence-corrected chi connectivity index (χ3v) is 3.27. The van der Waals surface area contributed by atoms with E-state index in [1.54, 1.807) is 4.90 Å². The summed E-state index contributed by atoms with van der Waals surface area (Å²) in [7, 11) is 0. The number of aliphatic hydroxyl groups is 2. The van der Waals surface area contributed by atoms with Gasteiger partial charge in [-0.25, -0.2) is 4.39 Å². The second-order valence-corrected chi connectivity index (χ2v) is 4.67. The Kier molecular flexibility index (Phi) is 4.72. The summed E-state index contributed by atoms with van der Waals surface area (Å²) in [5.74, 6) is 4.32. The van der Waals surface area contributed by atoms with Gasteiger partial charge < -0.3 is 15.1 Å². The Labute approximate surface area is 116 Å². The van der Waals surface area contributed by atoms with Gasteiger partial charge in [-0.15, -0.1) is 0 Å². The maximum absolute atomic E-state index is 13.2. The molecule has 1 fully saturated rings. The predicted molar refractivity (Wildman–Crippen MR) is 71.5 cm³/mol. The summed E-state index contributed by atoms with van der Waals surface area (Å²) < 4.78 is 13.2. The highest BCUT2D eigenvalue weighted by Gasteiger charge is 2.23. The quantitative estimate of drug-likeness (QED) is 0.745. The van der Waals surface area contributed by atoms with Crippen LogP contribution in [-0.4, -0.2) is 46.8 Å². The average molecular weight is 277 g/mol. The van der Waals surface area contributed by atoms with Crippen LogP contribution in [0.3, 0.4) is 0 Å². The van der Waals surface area contributed by atoms with Gasteiger partial charge in [-0.1, -0.05) is 11.8 Å². The van der Waals surface area contributed by atoms with Crippen LogP contribution >= 0.6 is 0 Å². The lowest BCUT2D eigenvalue weighted by Gasteiger charge is -2.29. The first-order chi connectivity index (χ1) is 9.61. The predicted octanol–water partition coefficient (Wildman–Crippen LogP) is 0.766. The Bertz CT molecular complexity index is 554. The number of nitrogens with zero attached hydrogens (tertiary/aromatic N) is 1. The van der Waals surface area contributed by atoms with Gasteiger partial charge in [0.05, 0.1) is 11.7 Å². The molecule has 2 N–H and O–H groups in total. The van der Waals surface area contributed by atoms with Crippen molar-refractivity contribution in [3.05, 3.63) is 35.1 Å². The molecule has 4 nitrogen and oxygen atoms in total. The lowest BCUT2D eigenvalue weighted by atomic mass is 10.0. The first-order valence-electron chi connectivity index (χ1n) is 6.48. The molecule has 0 aromatic heterocycles. The summed E-state index contributed by atoms with van der Waals surface area (Å²) in [6, 6.07) is 3.81. The Morgan fingerprint density at radius 3 is 2.75 bits per heavy atom. The molecule has 20 heavy (non-hydrogen) atoms. The highest BCUT2D eigenvalue weighted by molar-refractivity contribution is 5.96. The summed E-state index contributed by atoms with van der Waals surface area (Å²) in [4.78, 5) is 14.0. The summed E-state index contributed by atoms with van der Waals surface area (Å²) in [6.45, 7) is 0.606. The van der Waals surface area contributed by atoms with Gasteiger partial charge in [0.2, 0.25) is 0 Å². The molecule has 1 amide bonds. The van der Waals surface area contributed by atoms with Crippen molar-refractivity contribution in [1.82, 2.24) is 4.90 Å². The van der Waals surface area contributed by atoms with E-state index in [2.05, 4.69) is 11.8 Å². The summed E-state index contributed by atoms with van der Waals surface area (Å²) in [5, 5.41) is 18.2. The van der Waals surface area contributed by atoms with Gasteiger partial charge in [0.25, 0.3) is 5.91 Å². The van der Waals surface area contributed by atoms with Crippen LogP contribution in [0.5, 0.6) is 0 Å². The zero-order valence-electron chi connectivity index (χ0n) is 11.0. The molecule has 0 aliphatic carbocycles. The molecular formula is C15H16FNO3. The van der Waals surface area contributed by atoms with E-state index < -0.39 is 5.82 Å². The van der Waals surface area contributed by atoms with Crippen LogP contribution < -0.4 is 0 Å². The summed E-state index contributed by atoms with van der Waals surface area (Å²) >= 11 is 0. The van der Waals surface area contributed by atoms with Gasteiger partial charge in [-0.2, -0.15) is 0 Å². The number of hydrogen-bond acceptors (Lipinski definition) is 3. The highest BCUT2D eigenvalue weighted by atomic mass is 19.1. The second kappa shape index (κ2) is 6.51. The topological polar surface area (TPSA) is 60.8 Å². The average Bonchev–Trinajstić information content (AvgIpc) is 2.45. The molecule has 2 rings (SSSR count). The number of benzene rings is 1. The molecule has 0 bridgehead atoms. The van der Waals surface area contributed by atoms with Gasteiger partial charge in [-0.05, 0) is 31.0 Å². The minimum Gasteiger partial charge on any atom is -0.393 e. The monoisotopic (exact) mass is 277 g/mol. The van der Waals surface area contributed by atoms with E-state index in [1.165, 1.54) is 18.2 Å². The smallest absolute Gasteiger partial charge is 0.255 e. The lowest BCUT2D eigenvalue weighted by Crippen LogP contribution is -2.40. The minimum atomic E-state index is -0.474. The molecule has 1 aromatic rings. The molecule has 0 spiro atoms. The van der Waals surface area contributed by atoms with Crippen LogP contribution in [0, 0.1) is 17.7 Å². The fourth-order valence-electron chi connectivity index (χ4n) is 2.18. The first kappa shape index (κ1) is 14.5. The fraction of sp³-hybridized carbons (Fsp3) is 0.400. The molecule has 0 saturated carbocycles. The molecule has 1 aliphatic rings. The fourth-order valence-corrected chi connectivity index (χ4v) is 2.18. The van der Waals surface area contributed by atoms with E-state index in [9.17, 15) is 14.3 Å². The van der Waals surface area contributed by atoms with Crippen LogP contribution in [0.2, 0.25) is 0 Å². The normalized spacial score (nSPS) is 15.7. The third-order valence-electron chi connectivity index (χ3n) is 3.27. The van der Waals surface area contributed by atoms with Gasteiger partial charge in [-0.3, -0.25) is 4.79 Å². The molecule has 0 atom stereocenters. The van der Waals surface area contributed by atoms with Crippen LogP contribution in [0.25, 0.3) is 0 Å². The Hall–Kier alpha value is -1.90. The van der Waals surface area contributed by atoms with Gasteiger partial charge in [0.15, 0.2) is 0 Å². The summed E-state index contributed by atoms with van der Waals surface area (Å²) in [5.41, 5.74) is 0.596. The first-order valence-corrected chi connectivity index (χ1v) is 6.48. The SMILES string of the molecule is O=C(c1ccc(F)cc1C#CCO)N1CCC(O)CC1. The number of piperidine rings is 1. The number of carbonyl (C=O) groups excluding carboxylic acids is 1. The molecule has 1 saturated heterocycles. The van der Waals surface area contributed by atoms with Crippen LogP contribution in [0.4, 0.5) is 4.39 Å². The lowest BCUT2D eigenvalue weighted by molar-refractivity contribution is 0.0546. The Balaban J connectivity index is 2.25. The zero-order valence-corrected chi connectivity index (χ0v) is 11.0. The number of halogens is 1. The number of carbonyl (C=O) groups is 1. The maximum Gasteiger partial charge on any atom is 0.255 e. The van der Waals surface area contributed by atoms with E-state index in [4.69, 9.17) is 5.11 Å². The van der Waals surface area contributed by atoms with Crippen molar-refractivity contribution >= 4 is 5.91 Å². The van der Waals surface area contributed by atoms with Gasteiger partial charge in [0, 0.05) is 18.7 Å². The Morgan fingerprint density at radius 1 is 1.40 bits per heavy atom. The van der Waals surface area contributed by atoms with Crippen molar-refractivity contribution in [2.75, 3.05) is 19.7 Å². The van der Waals surface area contributed by atoms with Crippen molar-refractivity contribution in [2.24, 2.45) is 0 Å². The summed E-state index contributed by atoms with van der Waals surface area (Å²) in [6.07, 6.45) is 0.732. The molecule has 0 unspecified atom stereocenters.